The normalized spacial score (nSPS) is 11.3. The SMILES string of the molecule is COc1ccc(-c2n[nH]c(=S)n2/N=C/c2ccc(C(C)C)cc2)cc1OC. The Hall–Kier alpha value is -2.93. The summed E-state index contributed by atoms with van der Waals surface area (Å²) in [6, 6.07) is 13.8. The van der Waals surface area contributed by atoms with Crippen LogP contribution in [-0.2, 0) is 0 Å². The maximum absolute atomic E-state index is 5.37. The van der Waals surface area contributed by atoms with Crippen LogP contribution in [0, 0.1) is 4.77 Å². The summed E-state index contributed by atoms with van der Waals surface area (Å²) in [5.41, 5.74) is 3.09. The molecule has 27 heavy (non-hydrogen) atoms. The van der Waals surface area contributed by atoms with Gasteiger partial charge in [0.2, 0.25) is 4.77 Å². The largest absolute Gasteiger partial charge is 0.493 e. The van der Waals surface area contributed by atoms with E-state index in [-0.39, 0.29) is 0 Å². The average molecular weight is 382 g/mol. The summed E-state index contributed by atoms with van der Waals surface area (Å²) in [5.74, 6) is 2.35. The third kappa shape index (κ3) is 4.09. The molecule has 0 radical (unpaired) electrons. The van der Waals surface area contributed by atoms with E-state index in [1.807, 2.05) is 30.3 Å². The Morgan fingerprint density at radius 2 is 1.78 bits per heavy atom. The lowest BCUT2D eigenvalue weighted by Gasteiger charge is -2.09. The molecule has 1 aromatic heterocycles. The zero-order valence-electron chi connectivity index (χ0n) is 15.8. The van der Waals surface area contributed by atoms with Gasteiger partial charge >= 0.3 is 0 Å². The van der Waals surface area contributed by atoms with Gasteiger partial charge in [0.05, 0.1) is 20.4 Å². The van der Waals surface area contributed by atoms with Crippen LogP contribution >= 0.6 is 12.2 Å². The lowest BCUT2D eigenvalue weighted by molar-refractivity contribution is 0.355. The maximum atomic E-state index is 5.37. The zero-order valence-corrected chi connectivity index (χ0v) is 16.6. The molecule has 0 saturated carbocycles. The van der Waals surface area contributed by atoms with E-state index in [0.29, 0.717) is 28.0 Å². The first-order valence-electron chi connectivity index (χ1n) is 8.57. The fraction of sp³-hybridized carbons (Fsp3) is 0.250. The summed E-state index contributed by atoms with van der Waals surface area (Å²) in [6.45, 7) is 4.34. The van der Waals surface area contributed by atoms with E-state index in [4.69, 9.17) is 21.7 Å². The molecule has 2 aromatic carbocycles. The molecule has 3 rings (SSSR count). The molecular weight excluding hydrogens is 360 g/mol. The molecule has 0 atom stereocenters. The molecule has 0 fully saturated rings. The van der Waals surface area contributed by atoms with E-state index in [1.165, 1.54) is 5.56 Å². The quantitative estimate of drug-likeness (QED) is 0.499. The number of benzene rings is 2. The van der Waals surface area contributed by atoms with Gasteiger partial charge in [-0.25, -0.2) is 5.10 Å². The molecule has 0 aliphatic heterocycles. The Balaban J connectivity index is 1.94. The van der Waals surface area contributed by atoms with Gasteiger partial charge in [-0.05, 0) is 47.5 Å². The molecule has 1 N–H and O–H groups in total. The van der Waals surface area contributed by atoms with Gasteiger partial charge in [-0.15, -0.1) is 0 Å². The number of H-pyrrole nitrogens is 1. The third-order valence-corrected chi connectivity index (χ3v) is 4.48. The van der Waals surface area contributed by atoms with Crippen molar-refractivity contribution in [2.75, 3.05) is 14.2 Å². The first-order chi connectivity index (χ1) is 13.0. The predicted molar refractivity (Wildman–Crippen MR) is 109 cm³/mol. The van der Waals surface area contributed by atoms with Crippen LogP contribution in [-0.4, -0.2) is 35.3 Å². The number of ether oxygens (including phenoxy) is 2. The highest BCUT2D eigenvalue weighted by molar-refractivity contribution is 7.71. The lowest BCUT2D eigenvalue weighted by atomic mass is 10.0. The molecule has 0 bridgehead atoms. The van der Waals surface area contributed by atoms with Gasteiger partial charge in [0.1, 0.15) is 0 Å². The van der Waals surface area contributed by atoms with Gasteiger partial charge in [-0.3, -0.25) is 0 Å². The van der Waals surface area contributed by atoms with E-state index < -0.39 is 0 Å². The van der Waals surface area contributed by atoms with Crippen LogP contribution in [0.2, 0.25) is 0 Å². The van der Waals surface area contributed by atoms with Crippen molar-refractivity contribution >= 4 is 18.4 Å². The number of nitrogens with one attached hydrogen (secondary N) is 1. The van der Waals surface area contributed by atoms with Crippen LogP contribution in [0.5, 0.6) is 11.5 Å². The first-order valence-corrected chi connectivity index (χ1v) is 8.98. The number of aromatic amines is 1. The molecule has 6 nitrogen and oxygen atoms in total. The molecule has 0 aliphatic carbocycles. The Morgan fingerprint density at radius 3 is 2.41 bits per heavy atom. The van der Waals surface area contributed by atoms with Crippen LogP contribution < -0.4 is 9.47 Å². The van der Waals surface area contributed by atoms with Crippen molar-refractivity contribution in [2.45, 2.75) is 19.8 Å². The molecule has 0 amide bonds. The van der Waals surface area contributed by atoms with Gasteiger partial charge in [-0.1, -0.05) is 38.1 Å². The first kappa shape index (κ1) is 18.8. The molecule has 0 unspecified atom stereocenters. The van der Waals surface area contributed by atoms with E-state index in [1.54, 1.807) is 25.1 Å². The van der Waals surface area contributed by atoms with Crippen molar-refractivity contribution in [3.05, 3.63) is 58.4 Å². The topological polar surface area (TPSA) is 64.4 Å². The number of hydrogen-bond acceptors (Lipinski definition) is 5. The number of aromatic nitrogens is 3. The highest BCUT2D eigenvalue weighted by atomic mass is 32.1. The van der Waals surface area contributed by atoms with E-state index in [0.717, 1.165) is 11.1 Å². The number of nitrogens with zero attached hydrogens (tertiary/aromatic N) is 3. The summed E-state index contributed by atoms with van der Waals surface area (Å²) in [7, 11) is 3.19. The van der Waals surface area contributed by atoms with Gasteiger partial charge in [0.25, 0.3) is 0 Å². The Morgan fingerprint density at radius 1 is 1.07 bits per heavy atom. The summed E-state index contributed by atoms with van der Waals surface area (Å²) in [5, 5.41) is 11.6. The monoisotopic (exact) mass is 382 g/mol. The standard InChI is InChI=1S/C20H22N4O2S/c1-13(2)15-7-5-14(6-8-15)12-21-24-19(22-23-20(24)27)16-9-10-17(25-3)18(11-16)26-4/h5-13H,1-4H3,(H,23,27)/b21-12+. The van der Waals surface area contributed by atoms with E-state index in [9.17, 15) is 0 Å². The summed E-state index contributed by atoms with van der Waals surface area (Å²) < 4.78 is 12.7. The second-order valence-corrected chi connectivity index (χ2v) is 6.69. The van der Waals surface area contributed by atoms with Gasteiger partial charge in [-0.2, -0.15) is 14.9 Å². The molecule has 140 valence electrons. The number of hydrogen-bond donors (Lipinski definition) is 1. The van der Waals surface area contributed by atoms with Crippen molar-refractivity contribution in [1.82, 2.24) is 14.9 Å². The zero-order chi connectivity index (χ0) is 19.4. The minimum Gasteiger partial charge on any atom is -0.493 e. The highest BCUT2D eigenvalue weighted by Crippen LogP contribution is 2.31. The van der Waals surface area contributed by atoms with Gasteiger partial charge in [0.15, 0.2) is 17.3 Å². The fourth-order valence-corrected chi connectivity index (χ4v) is 2.83. The van der Waals surface area contributed by atoms with E-state index >= 15 is 0 Å². The lowest BCUT2D eigenvalue weighted by Crippen LogP contribution is -1.97. The molecule has 0 aliphatic rings. The molecule has 3 aromatic rings. The Bertz CT molecular complexity index is 1000. The third-order valence-electron chi connectivity index (χ3n) is 4.22. The number of rotatable bonds is 6. The van der Waals surface area contributed by atoms with Crippen LogP contribution in [0.1, 0.15) is 30.9 Å². The van der Waals surface area contributed by atoms with Crippen molar-refractivity contribution in [3.63, 3.8) is 0 Å². The van der Waals surface area contributed by atoms with Crippen molar-refractivity contribution in [2.24, 2.45) is 5.10 Å². The average Bonchev–Trinajstić information content (AvgIpc) is 3.06. The van der Waals surface area contributed by atoms with Crippen molar-refractivity contribution in [3.8, 4) is 22.9 Å². The minimum absolute atomic E-state index is 0.412. The summed E-state index contributed by atoms with van der Waals surface area (Å²) >= 11 is 5.33. The molecule has 0 spiro atoms. The maximum Gasteiger partial charge on any atom is 0.216 e. The second kappa shape index (κ2) is 8.18. The van der Waals surface area contributed by atoms with Crippen LogP contribution in [0.25, 0.3) is 11.4 Å². The van der Waals surface area contributed by atoms with E-state index in [2.05, 4.69) is 41.3 Å². The molecule has 0 saturated heterocycles. The van der Waals surface area contributed by atoms with Crippen molar-refractivity contribution < 1.29 is 9.47 Å². The molecule has 1 heterocycles. The highest BCUT2D eigenvalue weighted by Gasteiger charge is 2.12. The smallest absolute Gasteiger partial charge is 0.216 e. The summed E-state index contributed by atoms with van der Waals surface area (Å²) in [6.07, 6.45) is 1.76. The molecular formula is C20H22N4O2S. The van der Waals surface area contributed by atoms with Gasteiger partial charge in [0, 0.05) is 5.56 Å². The van der Waals surface area contributed by atoms with Gasteiger partial charge < -0.3 is 9.47 Å². The Kier molecular flexibility index (Phi) is 5.71. The fourth-order valence-electron chi connectivity index (χ4n) is 2.65. The van der Waals surface area contributed by atoms with Crippen molar-refractivity contribution in [1.29, 1.82) is 0 Å². The van der Waals surface area contributed by atoms with Crippen LogP contribution in [0.3, 0.4) is 0 Å². The Labute approximate surface area is 163 Å². The summed E-state index contributed by atoms with van der Waals surface area (Å²) in [4.78, 5) is 0. The van der Waals surface area contributed by atoms with Crippen LogP contribution in [0.4, 0.5) is 0 Å². The minimum atomic E-state index is 0.412. The number of methoxy groups -OCH3 is 2. The molecule has 7 heteroatoms. The second-order valence-electron chi connectivity index (χ2n) is 6.30. The van der Waals surface area contributed by atoms with Crippen LogP contribution in [0.15, 0.2) is 47.6 Å². The predicted octanol–water partition coefficient (Wildman–Crippen LogP) is 4.63.